The van der Waals surface area contributed by atoms with Crippen LogP contribution in [0.2, 0.25) is 0 Å². The maximum Gasteiger partial charge on any atom is 0.116 e. The van der Waals surface area contributed by atoms with Crippen LogP contribution in [0.3, 0.4) is 0 Å². The average Bonchev–Trinajstić information content (AvgIpc) is 3.02. The summed E-state index contributed by atoms with van der Waals surface area (Å²) in [6, 6.07) is 10.1. The second-order valence-corrected chi connectivity index (χ2v) is 5.50. The van der Waals surface area contributed by atoms with Crippen molar-refractivity contribution in [3.63, 3.8) is 0 Å². The highest BCUT2D eigenvalue weighted by Gasteiger charge is 2.15. The Labute approximate surface area is 133 Å². The highest BCUT2D eigenvalue weighted by molar-refractivity contribution is 7.98. The van der Waals surface area contributed by atoms with Crippen molar-refractivity contribution in [2.75, 3.05) is 11.6 Å². The smallest absolute Gasteiger partial charge is 0.116 e. The Morgan fingerprint density at radius 2 is 2.18 bits per heavy atom. The number of hydrogen-bond acceptors (Lipinski definition) is 5. The maximum atomic E-state index is 9.56. The molecule has 0 aliphatic heterocycles. The van der Waals surface area contributed by atoms with E-state index in [0.29, 0.717) is 5.56 Å². The van der Waals surface area contributed by atoms with E-state index in [9.17, 15) is 5.26 Å². The molecule has 6 heteroatoms. The lowest BCUT2D eigenvalue weighted by Crippen LogP contribution is -1.99. The van der Waals surface area contributed by atoms with Crippen LogP contribution in [-0.4, -0.2) is 21.0 Å². The number of rotatable bonds is 4. The second-order valence-electron chi connectivity index (χ2n) is 4.71. The Balaban J connectivity index is 2.19. The lowest BCUT2D eigenvalue weighted by Gasteiger charge is -2.12. The van der Waals surface area contributed by atoms with E-state index in [4.69, 9.17) is 0 Å². The zero-order chi connectivity index (χ0) is 15.5. The van der Waals surface area contributed by atoms with Gasteiger partial charge >= 0.3 is 0 Å². The predicted octanol–water partition coefficient (Wildman–Crippen LogP) is 3.79. The van der Waals surface area contributed by atoms with E-state index in [1.54, 1.807) is 6.20 Å². The zero-order valence-electron chi connectivity index (χ0n) is 12.4. The van der Waals surface area contributed by atoms with Gasteiger partial charge in [0, 0.05) is 18.1 Å². The summed E-state index contributed by atoms with van der Waals surface area (Å²) in [5, 5.41) is 18.8. The molecule has 3 aromatic rings. The fourth-order valence-corrected chi connectivity index (χ4v) is 2.86. The van der Waals surface area contributed by atoms with E-state index in [2.05, 4.69) is 21.5 Å². The van der Waals surface area contributed by atoms with Gasteiger partial charge in [-0.25, -0.2) is 4.98 Å². The quantitative estimate of drug-likeness (QED) is 0.743. The van der Waals surface area contributed by atoms with E-state index >= 15 is 0 Å². The number of aryl methyl sites for hydroxylation is 1. The number of hydrogen-bond donors (Lipinski definition) is 1. The number of nitriles is 1. The summed E-state index contributed by atoms with van der Waals surface area (Å²) in [6.45, 7) is 2.84. The summed E-state index contributed by atoms with van der Waals surface area (Å²) in [5.74, 6) is 0. The first-order chi connectivity index (χ1) is 10.8. The Kier molecular flexibility index (Phi) is 3.98. The lowest BCUT2D eigenvalue weighted by atomic mass is 10.1. The molecule has 2 aromatic heterocycles. The van der Waals surface area contributed by atoms with Gasteiger partial charge < -0.3 is 5.32 Å². The van der Waals surface area contributed by atoms with Gasteiger partial charge in [-0.1, -0.05) is 18.2 Å². The summed E-state index contributed by atoms with van der Waals surface area (Å²) in [5.41, 5.74) is 3.08. The van der Waals surface area contributed by atoms with Crippen molar-refractivity contribution in [1.82, 2.24) is 14.8 Å². The average molecular weight is 309 g/mol. The molecule has 22 heavy (non-hydrogen) atoms. The lowest BCUT2D eigenvalue weighted by molar-refractivity contribution is 0.660. The summed E-state index contributed by atoms with van der Waals surface area (Å²) in [6.07, 6.45) is 5.62. The number of aromatic nitrogens is 3. The van der Waals surface area contributed by atoms with Crippen LogP contribution in [0.15, 0.2) is 41.7 Å². The van der Waals surface area contributed by atoms with Gasteiger partial charge in [0.15, 0.2) is 0 Å². The van der Waals surface area contributed by atoms with Crippen LogP contribution in [0, 0.1) is 11.3 Å². The minimum absolute atomic E-state index is 0.565. The third-order valence-electron chi connectivity index (χ3n) is 3.39. The number of pyridine rings is 1. The molecule has 0 aliphatic rings. The number of benzene rings is 1. The van der Waals surface area contributed by atoms with Gasteiger partial charge in [-0.15, -0.1) is 11.8 Å². The molecule has 0 spiro atoms. The van der Waals surface area contributed by atoms with E-state index in [0.717, 1.165) is 33.8 Å². The number of anilines is 2. The molecule has 0 radical (unpaired) electrons. The molecule has 0 fully saturated rings. The molecule has 5 nitrogen and oxygen atoms in total. The van der Waals surface area contributed by atoms with E-state index in [1.165, 1.54) is 11.8 Å². The SMILES string of the molecule is CCn1cc(Nc2c(C#N)c(SC)nc3ccccc23)cn1. The van der Waals surface area contributed by atoms with E-state index in [1.807, 2.05) is 48.3 Å². The van der Waals surface area contributed by atoms with Gasteiger partial charge in [-0.05, 0) is 19.2 Å². The number of thioether (sulfide) groups is 1. The first-order valence-electron chi connectivity index (χ1n) is 6.93. The third-order valence-corrected chi connectivity index (χ3v) is 4.07. The number of nitrogens with one attached hydrogen (secondary N) is 1. The molecule has 3 rings (SSSR count). The molecule has 0 saturated carbocycles. The van der Waals surface area contributed by atoms with Crippen molar-refractivity contribution in [1.29, 1.82) is 5.26 Å². The normalized spacial score (nSPS) is 10.6. The molecule has 0 atom stereocenters. The Morgan fingerprint density at radius 1 is 1.36 bits per heavy atom. The molecule has 0 amide bonds. The third kappa shape index (κ3) is 2.51. The zero-order valence-corrected chi connectivity index (χ0v) is 13.2. The van der Waals surface area contributed by atoms with Crippen LogP contribution in [0.1, 0.15) is 12.5 Å². The summed E-state index contributed by atoms with van der Waals surface area (Å²) < 4.78 is 1.84. The topological polar surface area (TPSA) is 66.5 Å². The summed E-state index contributed by atoms with van der Waals surface area (Å²) in [4.78, 5) is 4.57. The Bertz CT molecular complexity index is 863. The van der Waals surface area contributed by atoms with Crippen LogP contribution in [-0.2, 0) is 6.54 Å². The van der Waals surface area contributed by atoms with Crippen LogP contribution in [0.25, 0.3) is 10.9 Å². The first-order valence-corrected chi connectivity index (χ1v) is 8.15. The minimum Gasteiger partial charge on any atom is -0.351 e. The van der Waals surface area contributed by atoms with Crippen LogP contribution < -0.4 is 5.32 Å². The van der Waals surface area contributed by atoms with Gasteiger partial charge in [-0.3, -0.25) is 4.68 Å². The fraction of sp³-hybridized carbons (Fsp3) is 0.188. The van der Waals surface area contributed by atoms with Crippen molar-refractivity contribution < 1.29 is 0 Å². The molecule has 0 aliphatic carbocycles. The molecular formula is C16H15N5S. The molecule has 1 aromatic carbocycles. The number of nitrogens with zero attached hydrogens (tertiary/aromatic N) is 4. The molecule has 1 N–H and O–H groups in total. The highest BCUT2D eigenvalue weighted by atomic mass is 32.2. The first kappa shape index (κ1) is 14.4. The number of fused-ring (bicyclic) bond motifs is 1. The van der Waals surface area contributed by atoms with E-state index in [-0.39, 0.29) is 0 Å². The van der Waals surface area contributed by atoms with Gasteiger partial charge in [0.1, 0.15) is 16.7 Å². The monoisotopic (exact) mass is 309 g/mol. The minimum atomic E-state index is 0.565. The highest BCUT2D eigenvalue weighted by Crippen LogP contribution is 2.33. The van der Waals surface area contributed by atoms with Crippen molar-refractivity contribution in [3.05, 3.63) is 42.2 Å². The largest absolute Gasteiger partial charge is 0.351 e. The van der Waals surface area contributed by atoms with E-state index < -0.39 is 0 Å². The van der Waals surface area contributed by atoms with Crippen LogP contribution in [0.5, 0.6) is 0 Å². The van der Waals surface area contributed by atoms with Gasteiger partial charge in [0.05, 0.1) is 23.1 Å². The Morgan fingerprint density at radius 3 is 2.86 bits per heavy atom. The standard InChI is InChI=1S/C16H15N5S/c1-3-21-10-11(9-18-21)19-15-12-6-4-5-7-14(12)20-16(22-2)13(15)8-17/h4-7,9-10H,3H2,1-2H3,(H,19,20). The maximum absolute atomic E-state index is 9.56. The molecule has 0 bridgehead atoms. The molecule has 110 valence electrons. The Hall–Kier alpha value is -2.52. The molecular weight excluding hydrogens is 294 g/mol. The summed E-state index contributed by atoms with van der Waals surface area (Å²) >= 11 is 1.47. The summed E-state index contributed by atoms with van der Waals surface area (Å²) in [7, 11) is 0. The van der Waals surface area contributed by atoms with Crippen molar-refractivity contribution in [2.24, 2.45) is 0 Å². The van der Waals surface area contributed by atoms with Crippen molar-refractivity contribution in [3.8, 4) is 6.07 Å². The number of para-hydroxylation sites is 1. The molecule has 2 heterocycles. The van der Waals surface area contributed by atoms with Gasteiger partial charge in [0.2, 0.25) is 0 Å². The molecule has 0 unspecified atom stereocenters. The van der Waals surface area contributed by atoms with Crippen LogP contribution >= 0.6 is 11.8 Å². The predicted molar refractivity (Wildman–Crippen MR) is 89.4 cm³/mol. The van der Waals surface area contributed by atoms with Crippen molar-refractivity contribution >= 4 is 34.0 Å². The van der Waals surface area contributed by atoms with Gasteiger partial charge in [-0.2, -0.15) is 10.4 Å². The molecule has 0 saturated heterocycles. The van der Waals surface area contributed by atoms with Crippen molar-refractivity contribution in [2.45, 2.75) is 18.5 Å². The fourth-order valence-electron chi connectivity index (χ4n) is 2.32. The second kappa shape index (κ2) is 6.08. The van der Waals surface area contributed by atoms with Crippen LogP contribution in [0.4, 0.5) is 11.4 Å². The van der Waals surface area contributed by atoms with Gasteiger partial charge in [0.25, 0.3) is 0 Å².